The van der Waals surface area contributed by atoms with E-state index in [9.17, 15) is 13.2 Å². The lowest BCUT2D eigenvalue weighted by Gasteiger charge is -2.08. The third-order valence-electron chi connectivity index (χ3n) is 4.82. The SMILES string of the molecule is Cc1ccsc1CCNC(=O)c1ccc(NC2=N[C@H]3CS(=O)(=O)C[C@@H]3S2)cc1. The first kappa shape index (κ1) is 19.5. The number of nitrogens with zero attached hydrogens (tertiary/aromatic N) is 1. The van der Waals surface area contributed by atoms with Crippen LogP contribution in [-0.2, 0) is 16.3 Å². The lowest BCUT2D eigenvalue weighted by molar-refractivity contribution is 0.0954. The van der Waals surface area contributed by atoms with E-state index in [0.29, 0.717) is 12.1 Å². The Bertz CT molecular complexity index is 1010. The zero-order valence-corrected chi connectivity index (χ0v) is 17.8. The summed E-state index contributed by atoms with van der Waals surface area (Å²) in [4.78, 5) is 18.1. The van der Waals surface area contributed by atoms with Crippen LogP contribution in [0.4, 0.5) is 5.69 Å². The monoisotopic (exact) mass is 435 g/mol. The van der Waals surface area contributed by atoms with E-state index >= 15 is 0 Å². The maximum atomic E-state index is 12.3. The molecule has 4 rings (SSSR count). The Kier molecular flexibility index (Phi) is 5.48. The van der Waals surface area contributed by atoms with E-state index < -0.39 is 9.84 Å². The molecular formula is C19H21N3O3S3. The number of aliphatic imine (C=N–C) groups is 1. The van der Waals surface area contributed by atoms with E-state index in [0.717, 1.165) is 17.3 Å². The molecule has 1 fully saturated rings. The Morgan fingerprint density at radius 3 is 2.68 bits per heavy atom. The van der Waals surface area contributed by atoms with Gasteiger partial charge >= 0.3 is 0 Å². The van der Waals surface area contributed by atoms with Gasteiger partial charge in [-0.25, -0.2) is 8.42 Å². The number of carbonyl (C=O) groups is 1. The third-order valence-corrected chi connectivity index (χ3v) is 9.05. The molecule has 2 aliphatic rings. The van der Waals surface area contributed by atoms with E-state index in [2.05, 4.69) is 34.0 Å². The molecule has 2 aromatic rings. The number of carbonyl (C=O) groups excluding carboxylic acids is 1. The second kappa shape index (κ2) is 7.88. The van der Waals surface area contributed by atoms with Crippen LogP contribution in [0, 0.1) is 6.92 Å². The minimum absolute atomic E-state index is 0.0181. The minimum Gasteiger partial charge on any atom is -0.352 e. The molecule has 2 atom stereocenters. The highest BCUT2D eigenvalue weighted by atomic mass is 32.2. The summed E-state index contributed by atoms with van der Waals surface area (Å²) in [7, 11) is -2.94. The average molecular weight is 436 g/mol. The highest BCUT2D eigenvalue weighted by molar-refractivity contribution is 8.15. The Morgan fingerprint density at radius 2 is 2.00 bits per heavy atom. The maximum Gasteiger partial charge on any atom is 0.251 e. The molecule has 9 heteroatoms. The van der Waals surface area contributed by atoms with Crippen molar-refractivity contribution in [3.63, 3.8) is 0 Å². The smallest absolute Gasteiger partial charge is 0.251 e. The number of anilines is 1. The van der Waals surface area contributed by atoms with Crippen LogP contribution in [0.2, 0.25) is 0 Å². The fraction of sp³-hybridized carbons (Fsp3) is 0.368. The van der Waals surface area contributed by atoms with Crippen molar-refractivity contribution in [2.75, 3.05) is 23.4 Å². The summed E-state index contributed by atoms with van der Waals surface area (Å²) in [5.41, 5.74) is 2.71. The predicted octanol–water partition coefficient (Wildman–Crippen LogP) is 2.71. The van der Waals surface area contributed by atoms with E-state index in [1.807, 2.05) is 12.1 Å². The molecule has 3 heterocycles. The number of amides is 1. The first-order valence-corrected chi connectivity index (χ1v) is 12.6. The zero-order chi connectivity index (χ0) is 19.7. The largest absolute Gasteiger partial charge is 0.352 e. The van der Waals surface area contributed by atoms with Gasteiger partial charge < -0.3 is 10.6 Å². The van der Waals surface area contributed by atoms with Crippen molar-refractivity contribution in [3.8, 4) is 0 Å². The van der Waals surface area contributed by atoms with Gasteiger partial charge in [-0.2, -0.15) is 0 Å². The van der Waals surface area contributed by atoms with E-state index in [4.69, 9.17) is 0 Å². The van der Waals surface area contributed by atoms with Crippen LogP contribution in [-0.4, -0.2) is 48.8 Å². The Labute approximate surface area is 172 Å². The van der Waals surface area contributed by atoms with Gasteiger partial charge in [-0.05, 0) is 54.6 Å². The number of sulfone groups is 1. The second-order valence-electron chi connectivity index (χ2n) is 6.97. The Balaban J connectivity index is 1.29. The summed E-state index contributed by atoms with van der Waals surface area (Å²) in [6, 6.07) is 9.18. The van der Waals surface area contributed by atoms with Crippen molar-refractivity contribution < 1.29 is 13.2 Å². The Hall–Kier alpha value is -1.84. The summed E-state index contributed by atoms with van der Waals surface area (Å²) in [5.74, 6) is 0.245. The third kappa shape index (κ3) is 4.42. The summed E-state index contributed by atoms with van der Waals surface area (Å²) in [6.07, 6.45) is 0.837. The molecule has 2 N–H and O–H groups in total. The molecule has 2 aliphatic heterocycles. The lowest BCUT2D eigenvalue weighted by atomic mass is 10.2. The number of hydrogen-bond donors (Lipinski definition) is 2. The number of nitrogens with one attached hydrogen (secondary N) is 2. The van der Waals surface area contributed by atoms with Crippen LogP contribution in [0.1, 0.15) is 20.8 Å². The fourth-order valence-electron chi connectivity index (χ4n) is 3.30. The topological polar surface area (TPSA) is 87.6 Å². The lowest BCUT2D eigenvalue weighted by Crippen LogP contribution is -2.25. The van der Waals surface area contributed by atoms with Crippen LogP contribution in [0.3, 0.4) is 0 Å². The van der Waals surface area contributed by atoms with Crippen molar-refractivity contribution in [3.05, 3.63) is 51.7 Å². The van der Waals surface area contributed by atoms with Crippen LogP contribution < -0.4 is 10.6 Å². The molecule has 0 spiro atoms. The number of hydrogen-bond acceptors (Lipinski definition) is 7. The van der Waals surface area contributed by atoms with Crippen molar-refractivity contribution >= 4 is 49.7 Å². The van der Waals surface area contributed by atoms with Crippen molar-refractivity contribution in [1.29, 1.82) is 0 Å². The molecule has 0 saturated carbocycles. The van der Waals surface area contributed by atoms with Gasteiger partial charge in [0.15, 0.2) is 15.0 Å². The van der Waals surface area contributed by atoms with Gasteiger partial charge in [0.1, 0.15) is 0 Å². The number of aryl methyl sites for hydroxylation is 1. The first-order chi connectivity index (χ1) is 13.4. The molecule has 1 saturated heterocycles. The standard InChI is InChI=1S/C19H21N3O3S3/c1-12-7-9-26-16(12)6-8-20-18(23)13-2-4-14(5-3-13)21-19-22-15-10-28(24,25)11-17(15)27-19/h2-5,7,9,15,17H,6,8,10-11H2,1H3,(H,20,23)(H,21,22)/t15-,17-/m0/s1. The number of amidine groups is 1. The summed E-state index contributed by atoms with van der Waals surface area (Å²) in [5, 5.41) is 9.00. The van der Waals surface area contributed by atoms with Crippen LogP contribution >= 0.6 is 23.1 Å². The van der Waals surface area contributed by atoms with Gasteiger partial charge in [-0.15, -0.1) is 11.3 Å². The zero-order valence-electron chi connectivity index (χ0n) is 15.3. The minimum atomic E-state index is -2.94. The van der Waals surface area contributed by atoms with E-state index in [1.54, 1.807) is 23.5 Å². The van der Waals surface area contributed by atoms with Gasteiger partial charge in [0, 0.05) is 27.9 Å². The molecular weight excluding hydrogens is 414 g/mol. The van der Waals surface area contributed by atoms with Crippen LogP contribution in [0.15, 0.2) is 40.7 Å². The number of thiophene rings is 1. The van der Waals surface area contributed by atoms with Gasteiger partial charge in [-0.3, -0.25) is 9.79 Å². The van der Waals surface area contributed by atoms with Crippen LogP contribution in [0.5, 0.6) is 0 Å². The molecule has 0 radical (unpaired) electrons. The predicted molar refractivity (Wildman–Crippen MR) is 116 cm³/mol. The quantitative estimate of drug-likeness (QED) is 0.754. The Morgan fingerprint density at radius 1 is 1.21 bits per heavy atom. The maximum absolute atomic E-state index is 12.3. The molecule has 0 unspecified atom stereocenters. The van der Waals surface area contributed by atoms with Gasteiger partial charge in [0.2, 0.25) is 0 Å². The highest BCUT2D eigenvalue weighted by Crippen LogP contribution is 2.34. The molecule has 1 aromatic heterocycles. The van der Waals surface area contributed by atoms with Crippen molar-refractivity contribution in [2.24, 2.45) is 4.99 Å². The van der Waals surface area contributed by atoms with Crippen molar-refractivity contribution in [1.82, 2.24) is 5.32 Å². The molecule has 1 amide bonds. The summed E-state index contributed by atoms with van der Waals surface area (Å²) in [6.45, 7) is 2.69. The number of benzene rings is 1. The molecule has 28 heavy (non-hydrogen) atoms. The van der Waals surface area contributed by atoms with E-state index in [-0.39, 0.29) is 28.7 Å². The fourth-order valence-corrected chi connectivity index (χ4v) is 7.88. The van der Waals surface area contributed by atoms with Gasteiger partial charge in [-0.1, -0.05) is 11.8 Å². The summed E-state index contributed by atoms with van der Waals surface area (Å²) < 4.78 is 23.3. The van der Waals surface area contributed by atoms with E-state index in [1.165, 1.54) is 22.2 Å². The summed E-state index contributed by atoms with van der Waals surface area (Å²) >= 11 is 3.19. The van der Waals surface area contributed by atoms with Crippen LogP contribution in [0.25, 0.3) is 0 Å². The number of fused-ring (bicyclic) bond motifs is 1. The number of thioether (sulfide) groups is 1. The van der Waals surface area contributed by atoms with Gasteiger partial charge in [0.05, 0.1) is 17.5 Å². The molecule has 6 nitrogen and oxygen atoms in total. The van der Waals surface area contributed by atoms with Crippen molar-refractivity contribution in [2.45, 2.75) is 24.6 Å². The molecule has 1 aromatic carbocycles. The molecule has 0 bridgehead atoms. The first-order valence-electron chi connectivity index (χ1n) is 9.03. The van der Waals surface area contributed by atoms with Gasteiger partial charge in [0.25, 0.3) is 5.91 Å². The molecule has 0 aliphatic carbocycles. The second-order valence-corrected chi connectivity index (χ2v) is 11.4. The molecule has 148 valence electrons. The normalized spacial score (nSPS) is 22.5. The highest BCUT2D eigenvalue weighted by Gasteiger charge is 2.42. The average Bonchev–Trinajstić information content (AvgIpc) is 3.28. The number of rotatable bonds is 5.